The lowest BCUT2D eigenvalue weighted by Crippen LogP contribution is -2.45. The first-order valence-corrected chi connectivity index (χ1v) is 7.47. The number of fused-ring (bicyclic) bond motifs is 2. The molecule has 0 radical (unpaired) electrons. The van der Waals surface area contributed by atoms with Crippen LogP contribution in [-0.2, 0) is 4.79 Å². The van der Waals surface area contributed by atoms with Gasteiger partial charge in [-0.1, -0.05) is 11.6 Å². The zero-order chi connectivity index (χ0) is 12.5. The van der Waals surface area contributed by atoms with E-state index >= 15 is 0 Å². The number of carbonyl (C=O) groups is 1. The van der Waals surface area contributed by atoms with Gasteiger partial charge in [0.2, 0.25) is 5.91 Å². The first-order valence-electron chi connectivity index (χ1n) is 7.47. The Labute approximate surface area is 109 Å². The van der Waals surface area contributed by atoms with Crippen molar-refractivity contribution in [3.8, 4) is 0 Å². The van der Waals surface area contributed by atoms with E-state index in [2.05, 4.69) is 11.4 Å². The highest BCUT2D eigenvalue weighted by molar-refractivity contribution is 5.80. The SMILES string of the molecule is NC1C2CCC(C2)C1C(=O)NCCC1=CCCC1. The van der Waals surface area contributed by atoms with Crippen molar-refractivity contribution in [3.63, 3.8) is 0 Å². The van der Waals surface area contributed by atoms with E-state index in [1.54, 1.807) is 0 Å². The summed E-state index contributed by atoms with van der Waals surface area (Å²) in [4.78, 5) is 12.2. The van der Waals surface area contributed by atoms with Crippen LogP contribution >= 0.6 is 0 Å². The van der Waals surface area contributed by atoms with Crippen molar-refractivity contribution >= 4 is 5.91 Å². The number of allylic oxidation sites excluding steroid dienone is 1. The van der Waals surface area contributed by atoms with Gasteiger partial charge in [-0.15, -0.1) is 0 Å². The Morgan fingerprint density at radius 1 is 1.39 bits per heavy atom. The van der Waals surface area contributed by atoms with E-state index in [1.165, 1.54) is 44.1 Å². The maximum Gasteiger partial charge on any atom is 0.224 e. The molecule has 3 rings (SSSR count). The Hall–Kier alpha value is -0.830. The Morgan fingerprint density at radius 3 is 2.89 bits per heavy atom. The number of rotatable bonds is 4. The Bertz CT molecular complexity index is 362. The first kappa shape index (κ1) is 12.2. The van der Waals surface area contributed by atoms with Gasteiger partial charge in [0, 0.05) is 12.6 Å². The smallest absolute Gasteiger partial charge is 0.224 e. The Morgan fingerprint density at radius 2 is 2.22 bits per heavy atom. The number of amides is 1. The van der Waals surface area contributed by atoms with Gasteiger partial charge in [0.1, 0.15) is 0 Å². The molecule has 0 heterocycles. The molecule has 3 aliphatic carbocycles. The van der Waals surface area contributed by atoms with Crippen LogP contribution in [0.5, 0.6) is 0 Å². The van der Waals surface area contributed by atoms with Crippen LogP contribution in [0.15, 0.2) is 11.6 Å². The van der Waals surface area contributed by atoms with E-state index in [4.69, 9.17) is 5.73 Å². The predicted octanol–water partition coefficient (Wildman–Crippen LogP) is 1.98. The second-order valence-electron chi connectivity index (χ2n) is 6.23. The normalized spacial score (nSPS) is 37.9. The molecular weight excluding hydrogens is 224 g/mol. The lowest BCUT2D eigenvalue weighted by molar-refractivity contribution is -0.127. The minimum atomic E-state index is 0.0984. The molecule has 100 valence electrons. The van der Waals surface area contributed by atoms with Crippen LogP contribution in [0.4, 0.5) is 0 Å². The van der Waals surface area contributed by atoms with Crippen LogP contribution in [0.3, 0.4) is 0 Å². The zero-order valence-electron chi connectivity index (χ0n) is 11.0. The van der Waals surface area contributed by atoms with Crippen molar-refractivity contribution in [2.75, 3.05) is 6.54 Å². The van der Waals surface area contributed by atoms with E-state index in [1.807, 2.05) is 0 Å². The second-order valence-corrected chi connectivity index (χ2v) is 6.23. The minimum absolute atomic E-state index is 0.0984. The van der Waals surface area contributed by atoms with Crippen LogP contribution in [0.1, 0.15) is 44.9 Å². The average molecular weight is 248 g/mol. The Balaban J connectivity index is 1.46. The molecule has 2 saturated carbocycles. The highest BCUT2D eigenvalue weighted by Gasteiger charge is 2.48. The third-order valence-corrected chi connectivity index (χ3v) is 5.16. The molecule has 4 atom stereocenters. The number of carbonyl (C=O) groups excluding carboxylic acids is 1. The third-order valence-electron chi connectivity index (χ3n) is 5.16. The molecule has 3 nitrogen and oxygen atoms in total. The largest absolute Gasteiger partial charge is 0.355 e. The summed E-state index contributed by atoms with van der Waals surface area (Å²) >= 11 is 0. The van der Waals surface area contributed by atoms with Gasteiger partial charge < -0.3 is 11.1 Å². The lowest BCUT2D eigenvalue weighted by atomic mass is 9.84. The van der Waals surface area contributed by atoms with Crippen LogP contribution in [0, 0.1) is 17.8 Å². The van der Waals surface area contributed by atoms with E-state index < -0.39 is 0 Å². The fraction of sp³-hybridized carbons (Fsp3) is 0.800. The fourth-order valence-corrected chi connectivity index (χ4v) is 4.15. The topological polar surface area (TPSA) is 55.1 Å². The van der Waals surface area contributed by atoms with Crippen LogP contribution < -0.4 is 11.1 Å². The van der Waals surface area contributed by atoms with Gasteiger partial charge in [0.25, 0.3) is 0 Å². The monoisotopic (exact) mass is 248 g/mol. The molecule has 1 amide bonds. The molecular formula is C15H24N2O. The van der Waals surface area contributed by atoms with Crippen LogP contribution in [0.2, 0.25) is 0 Å². The summed E-state index contributed by atoms with van der Waals surface area (Å²) in [5.41, 5.74) is 7.71. The van der Waals surface area contributed by atoms with Gasteiger partial charge in [-0.2, -0.15) is 0 Å². The highest BCUT2D eigenvalue weighted by atomic mass is 16.1. The highest BCUT2D eigenvalue weighted by Crippen LogP contribution is 2.47. The molecule has 3 N–H and O–H groups in total. The van der Waals surface area contributed by atoms with Crippen molar-refractivity contribution in [1.82, 2.24) is 5.32 Å². The molecule has 18 heavy (non-hydrogen) atoms. The number of nitrogens with one attached hydrogen (secondary N) is 1. The summed E-state index contributed by atoms with van der Waals surface area (Å²) in [5, 5.41) is 3.11. The number of hydrogen-bond acceptors (Lipinski definition) is 2. The average Bonchev–Trinajstić information content (AvgIpc) is 3.03. The maximum absolute atomic E-state index is 12.2. The summed E-state index contributed by atoms with van der Waals surface area (Å²) < 4.78 is 0. The second kappa shape index (κ2) is 5.04. The lowest BCUT2D eigenvalue weighted by Gasteiger charge is -2.27. The molecule has 2 bridgehead atoms. The van der Waals surface area contributed by atoms with Gasteiger partial charge >= 0.3 is 0 Å². The molecule has 0 aliphatic heterocycles. The molecule has 4 unspecified atom stereocenters. The van der Waals surface area contributed by atoms with E-state index in [9.17, 15) is 4.79 Å². The summed E-state index contributed by atoms with van der Waals surface area (Å²) in [6, 6.07) is 0.120. The summed E-state index contributed by atoms with van der Waals surface area (Å²) in [6.07, 6.45) is 10.7. The van der Waals surface area contributed by atoms with E-state index in [0.29, 0.717) is 11.8 Å². The quantitative estimate of drug-likeness (QED) is 0.747. The summed E-state index contributed by atoms with van der Waals surface area (Å²) in [7, 11) is 0. The zero-order valence-corrected chi connectivity index (χ0v) is 11.0. The summed E-state index contributed by atoms with van der Waals surface area (Å²) in [5.74, 6) is 1.49. The third kappa shape index (κ3) is 2.20. The Kier molecular flexibility index (Phi) is 3.42. The van der Waals surface area contributed by atoms with Crippen LogP contribution in [0.25, 0.3) is 0 Å². The molecule has 0 saturated heterocycles. The van der Waals surface area contributed by atoms with Crippen molar-refractivity contribution < 1.29 is 4.79 Å². The molecule has 0 spiro atoms. The van der Waals surface area contributed by atoms with Gasteiger partial charge in [-0.3, -0.25) is 4.79 Å². The molecule has 3 aliphatic rings. The van der Waals surface area contributed by atoms with Crippen molar-refractivity contribution in [3.05, 3.63) is 11.6 Å². The molecule has 0 aromatic heterocycles. The van der Waals surface area contributed by atoms with Crippen molar-refractivity contribution in [2.24, 2.45) is 23.5 Å². The van der Waals surface area contributed by atoms with Crippen LogP contribution in [-0.4, -0.2) is 18.5 Å². The summed E-state index contributed by atoms with van der Waals surface area (Å²) in [6.45, 7) is 0.797. The van der Waals surface area contributed by atoms with Gasteiger partial charge in [0.05, 0.1) is 5.92 Å². The molecule has 3 heteroatoms. The van der Waals surface area contributed by atoms with E-state index in [-0.39, 0.29) is 17.9 Å². The number of nitrogens with two attached hydrogens (primary N) is 1. The molecule has 0 aromatic carbocycles. The van der Waals surface area contributed by atoms with Gasteiger partial charge in [-0.25, -0.2) is 0 Å². The fourth-order valence-electron chi connectivity index (χ4n) is 4.15. The number of hydrogen-bond donors (Lipinski definition) is 2. The molecule has 0 aromatic rings. The van der Waals surface area contributed by atoms with E-state index in [0.717, 1.165) is 13.0 Å². The predicted molar refractivity (Wildman–Crippen MR) is 71.9 cm³/mol. The maximum atomic E-state index is 12.2. The first-order chi connectivity index (χ1) is 8.75. The minimum Gasteiger partial charge on any atom is -0.355 e. The van der Waals surface area contributed by atoms with Crippen molar-refractivity contribution in [1.29, 1.82) is 0 Å². The van der Waals surface area contributed by atoms with Gasteiger partial charge in [0.15, 0.2) is 0 Å². The van der Waals surface area contributed by atoms with Gasteiger partial charge in [-0.05, 0) is 56.8 Å². The molecule has 2 fully saturated rings. The van der Waals surface area contributed by atoms with Crippen molar-refractivity contribution in [2.45, 2.75) is 51.0 Å². The standard InChI is InChI=1S/C15H24N2O/c16-14-12-6-5-11(9-12)13(14)15(18)17-8-7-10-3-1-2-4-10/h3,11-14H,1-2,4-9,16H2,(H,17,18).